The smallest absolute Gasteiger partial charge is 0.134 e. The number of halogens is 1. The fourth-order valence-corrected chi connectivity index (χ4v) is 3.37. The van der Waals surface area contributed by atoms with Crippen LogP contribution in [0.4, 0.5) is 0 Å². The lowest BCUT2D eigenvalue weighted by Crippen LogP contribution is -2.11. The first-order valence-corrected chi connectivity index (χ1v) is 8.13. The fraction of sp³-hybridized carbons (Fsp3) is 0.176. The summed E-state index contributed by atoms with van der Waals surface area (Å²) in [6.07, 6.45) is 0. The molecule has 0 aliphatic heterocycles. The molecule has 0 aliphatic carbocycles. The lowest BCUT2D eigenvalue weighted by molar-refractivity contribution is 0.516. The quantitative estimate of drug-likeness (QED) is 0.673. The fourth-order valence-electron chi connectivity index (χ4n) is 2.20. The Labute approximate surface area is 133 Å². The molecule has 0 spiro atoms. The third-order valence-electron chi connectivity index (χ3n) is 3.37. The average Bonchev–Trinajstić information content (AvgIpc) is 2.89. The van der Waals surface area contributed by atoms with Crippen molar-refractivity contribution in [1.29, 1.82) is 0 Å². The summed E-state index contributed by atoms with van der Waals surface area (Å²) in [4.78, 5) is 1.26. The van der Waals surface area contributed by atoms with Gasteiger partial charge in [0.2, 0.25) is 0 Å². The molecule has 3 rings (SSSR count). The van der Waals surface area contributed by atoms with Gasteiger partial charge in [0.25, 0.3) is 0 Å². The van der Waals surface area contributed by atoms with Crippen molar-refractivity contribution in [3.63, 3.8) is 0 Å². The Balaban J connectivity index is 1.75. The Morgan fingerprint density at radius 3 is 2.81 bits per heavy atom. The molecule has 0 fully saturated rings. The number of aryl methyl sites for hydroxylation is 1. The van der Waals surface area contributed by atoms with E-state index < -0.39 is 0 Å². The minimum Gasteiger partial charge on any atom is -0.459 e. The molecular weight excluding hydrogens is 302 g/mol. The molecule has 0 saturated carbocycles. The van der Waals surface area contributed by atoms with Crippen LogP contribution >= 0.6 is 23.4 Å². The summed E-state index contributed by atoms with van der Waals surface area (Å²) in [7, 11) is 0. The number of fused-ring (bicyclic) bond motifs is 1. The van der Waals surface area contributed by atoms with Crippen LogP contribution in [0.2, 0.25) is 5.02 Å². The van der Waals surface area contributed by atoms with Gasteiger partial charge in [0.1, 0.15) is 11.3 Å². The van der Waals surface area contributed by atoms with Crippen molar-refractivity contribution in [3.8, 4) is 0 Å². The zero-order valence-corrected chi connectivity index (χ0v) is 13.2. The minimum atomic E-state index is -0.138. The van der Waals surface area contributed by atoms with Crippen LogP contribution in [-0.2, 0) is 0 Å². The number of hydrogen-bond acceptors (Lipinski definition) is 3. The van der Waals surface area contributed by atoms with E-state index in [1.165, 1.54) is 10.5 Å². The number of thioether (sulfide) groups is 1. The third-order valence-corrected chi connectivity index (χ3v) is 4.90. The second-order valence-electron chi connectivity index (χ2n) is 5.01. The van der Waals surface area contributed by atoms with Crippen molar-refractivity contribution in [2.45, 2.75) is 17.9 Å². The Bertz CT molecular complexity index is 768. The van der Waals surface area contributed by atoms with Crippen molar-refractivity contribution < 1.29 is 4.42 Å². The Kier molecular flexibility index (Phi) is 4.24. The van der Waals surface area contributed by atoms with Crippen LogP contribution in [0.5, 0.6) is 0 Å². The van der Waals surface area contributed by atoms with Crippen molar-refractivity contribution in [1.82, 2.24) is 0 Å². The number of rotatable bonds is 4. The standard InChI is InChI=1S/C17H16ClNOS/c1-11-4-2-3-5-17(11)21-10-14(19)16-9-12-8-13(18)6-7-15(12)20-16/h2-9,14H,10,19H2,1H3. The highest BCUT2D eigenvalue weighted by molar-refractivity contribution is 7.99. The summed E-state index contributed by atoms with van der Waals surface area (Å²) >= 11 is 7.74. The Morgan fingerprint density at radius 1 is 1.19 bits per heavy atom. The zero-order valence-electron chi connectivity index (χ0n) is 11.7. The number of hydrogen-bond donors (Lipinski definition) is 1. The van der Waals surface area contributed by atoms with Crippen LogP contribution in [-0.4, -0.2) is 5.75 Å². The van der Waals surface area contributed by atoms with E-state index in [0.29, 0.717) is 5.02 Å². The predicted octanol–water partition coefficient (Wildman–Crippen LogP) is 5.19. The minimum absolute atomic E-state index is 0.138. The summed E-state index contributed by atoms with van der Waals surface area (Å²) < 4.78 is 5.81. The van der Waals surface area contributed by atoms with Crippen molar-refractivity contribution in [3.05, 3.63) is 64.9 Å². The molecule has 2 nitrogen and oxygen atoms in total. The first-order chi connectivity index (χ1) is 10.1. The van der Waals surface area contributed by atoms with Gasteiger partial charge in [-0.3, -0.25) is 0 Å². The lowest BCUT2D eigenvalue weighted by Gasteiger charge is -2.09. The molecule has 3 aromatic rings. The molecule has 0 radical (unpaired) electrons. The highest BCUT2D eigenvalue weighted by Crippen LogP contribution is 2.30. The molecule has 1 aromatic heterocycles. The van der Waals surface area contributed by atoms with Gasteiger partial charge in [-0.2, -0.15) is 0 Å². The highest BCUT2D eigenvalue weighted by Gasteiger charge is 2.13. The van der Waals surface area contributed by atoms with Crippen molar-refractivity contribution >= 4 is 34.3 Å². The average molecular weight is 318 g/mol. The van der Waals surface area contributed by atoms with Gasteiger partial charge in [0.05, 0.1) is 6.04 Å². The largest absolute Gasteiger partial charge is 0.459 e. The third kappa shape index (κ3) is 3.26. The van der Waals surface area contributed by atoms with Gasteiger partial charge >= 0.3 is 0 Å². The zero-order chi connectivity index (χ0) is 14.8. The number of nitrogens with two attached hydrogens (primary N) is 1. The van der Waals surface area contributed by atoms with Crippen LogP contribution in [0.25, 0.3) is 11.0 Å². The summed E-state index contributed by atoms with van der Waals surface area (Å²) in [5.41, 5.74) is 8.34. The molecule has 1 atom stereocenters. The molecule has 1 unspecified atom stereocenters. The number of furan rings is 1. The number of benzene rings is 2. The normalized spacial score (nSPS) is 12.7. The maximum absolute atomic E-state index is 6.25. The monoisotopic (exact) mass is 317 g/mol. The van der Waals surface area contributed by atoms with E-state index in [4.69, 9.17) is 21.8 Å². The Morgan fingerprint density at radius 2 is 2.00 bits per heavy atom. The SMILES string of the molecule is Cc1ccccc1SCC(N)c1cc2cc(Cl)ccc2o1. The molecular formula is C17H16ClNOS. The molecule has 0 amide bonds. The van der Waals surface area contributed by atoms with E-state index in [1.807, 2.05) is 36.4 Å². The van der Waals surface area contributed by atoms with Crippen LogP contribution < -0.4 is 5.73 Å². The van der Waals surface area contributed by atoms with Gasteiger partial charge in [-0.25, -0.2) is 0 Å². The van der Waals surface area contributed by atoms with Crippen LogP contribution in [0, 0.1) is 6.92 Å². The summed E-state index contributed by atoms with van der Waals surface area (Å²) in [5.74, 6) is 1.58. The van der Waals surface area contributed by atoms with Crippen LogP contribution in [0.3, 0.4) is 0 Å². The second kappa shape index (κ2) is 6.14. The maximum Gasteiger partial charge on any atom is 0.134 e. The first kappa shape index (κ1) is 14.5. The summed E-state index contributed by atoms with van der Waals surface area (Å²) in [5, 5.41) is 1.70. The second-order valence-corrected chi connectivity index (χ2v) is 6.51. The van der Waals surface area contributed by atoms with E-state index in [2.05, 4.69) is 19.1 Å². The molecule has 21 heavy (non-hydrogen) atoms. The molecule has 0 aliphatic rings. The summed E-state index contributed by atoms with van der Waals surface area (Å²) in [6, 6.07) is 15.7. The van der Waals surface area contributed by atoms with Crippen molar-refractivity contribution in [2.24, 2.45) is 5.73 Å². The molecule has 2 N–H and O–H groups in total. The topological polar surface area (TPSA) is 39.2 Å². The first-order valence-electron chi connectivity index (χ1n) is 6.76. The molecule has 2 aromatic carbocycles. The van der Waals surface area contributed by atoms with Gasteiger partial charge < -0.3 is 10.2 Å². The van der Waals surface area contributed by atoms with E-state index >= 15 is 0 Å². The van der Waals surface area contributed by atoms with E-state index in [9.17, 15) is 0 Å². The highest BCUT2D eigenvalue weighted by atomic mass is 35.5. The maximum atomic E-state index is 6.25. The van der Waals surface area contributed by atoms with Crippen LogP contribution in [0.1, 0.15) is 17.4 Å². The molecule has 1 heterocycles. The predicted molar refractivity (Wildman–Crippen MR) is 90.1 cm³/mol. The Hall–Kier alpha value is -1.42. The van der Waals surface area contributed by atoms with Gasteiger partial charge in [0, 0.05) is 21.1 Å². The van der Waals surface area contributed by atoms with Gasteiger partial charge in [0.15, 0.2) is 0 Å². The summed E-state index contributed by atoms with van der Waals surface area (Å²) in [6.45, 7) is 2.11. The molecule has 4 heteroatoms. The lowest BCUT2D eigenvalue weighted by atomic mass is 10.2. The van der Waals surface area contributed by atoms with Gasteiger partial charge in [-0.1, -0.05) is 29.8 Å². The molecule has 0 saturated heterocycles. The van der Waals surface area contributed by atoms with Gasteiger partial charge in [-0.15, -0.1) is 11.8 Å². The van der Waals surface area contributed by atoms with E-state index in [1.54, 1.807) is 11.8 Å². The van der Waals surface area contributed by atoms with Crippen molar-refractivity contribution in [2.75, 3.05) is 5.75 Å². The molecule has 108 valence electrons. The van der Waals surface area contributed by atoms with E-state index in [0.717, 1.165) is 22.5 Å². The van der Waals surface area contributed by atoms with Gasteiger partial charge in [-0.05, 0) is 42.8 Å². The van der Waals surface area contributed by atoms with E-state index in [-0.39, 0.29) is 6.04 Å². The molecule has 0 bridgehead atoms. The van der Waals surface area contributed by atoms with Crippen LogP contribution in [0.15, 0.2) is 57.8 Å².